The van der Waals surface area contributed by atoms with E-state index in [1.807, 2.05) is 11.3 Å². The van der Waals surface area contributed by atoms with E-state index in [0.29, 0.717) is 0 Å². The van der Waals surface area contributed by atoms with Gasteiger partial charge in [-0.25, -0.2) is 0 Å². The zero-order chi connectivity index (χ0) is 15.1. The third-order valence-corrected chi connectivity index (χ3v) is 6.25. The Balaban J connectivity index is 2.57. The van der Waals surface area contributed by atoms with Gasteiger partial charge in [-0.1, -0.05) is 38.5 Å². The molecule has 0 aliphatic rings. The number of aryl methyl sites for hydroxylation is 3. The van der Waals surface area contributed by atoms with E-state index in [0.717, 1.165) is 6.42 Å². The first kappa shape index (κ1) is 14.6. The molecule has 0 amide bonds. The van der Waals surface area contributed by atoms with Crippen molar-refractivity contribution in [1.29, 1.82) is 0 Å². The fourth-order valence-corrected chi connectivity index (χ4v) is 4.96. The molecule has 3 rings (SSSR count). The van der Waals surface area contributed by atoms with Gasteiger partial charge in [0, 0.05) is 20.2 Å². The Labute approximate surface area is 131 Å². The zero-order valence-corrected chi connectivity index (χ0v) is 14.6. The van der Waals surface area contributed by atoms with Crippen molar-refractivity contribution >= 4 is 31.5 Å². The van der Waals surface area contributed by atoms with Crippen LogP contribution in [0.25, 0.3) is 20.2 Å². The van der Waals surface area contributed by atoms with Crippen molar-refractivity contribution in [2.75, 3.05) is 0 Å². The third-order valence-electron chi connectivity index (χ3n) is 4.79. The number of rotatable bonds is 3. The summed E-state index contributed by atoms with van der Waals surface area (Å²) in [5.41, 5.74) is 7.60. The summed E-state index contributed by atoms with van der Waals surface area (Å²) in [5.74, 6) is 0. The molecular weight excluding hydrogens is 272 g/mol. The molecule has 0 saturated carbocycles. The summed E-state index contributed by atoms with van der Waals surface area (Å²) in [4.78, 5) is 0. The van der Waals surface area contributed by atoms with Crippen LogP contribution in [0.4, 0.5) is 0 Å². The van der Waals surface area contributed by atoms with E-state index in [9.17, 15) is 0 Å². The molecule has 0 N–H and O–H groups in total. The number of hydrogen-bond donors (Lipinski definition) is 0. The largest absolute Gasteiger partial charge is 0.135 e. The molecule has 0 radical (unpaired) electrons. The average molecular weight is 296 g/mol. The Bertz CT molecular complexity index is 821. The highest BCUT2D eigenvalue weighted by Gasteiger charge is 2.18. The number of benzene rings is 2. The van der Waals surface area contributed by atoms with Crippen molar-refractivity contribution in [3.63, 3.8) is 0 Å². The molecule has 0 aliphatic carbocycles. The maximum atomic E-state index is 2.31. The first-order chi connectivity index (χ1) is 10.1. The predicted molar refractivity (Wildman–Crippen MR) is 96.9 cm³/mol. The van der Waals surface area contributed by atoms with Gasteiger partial charge < -0.3 is 0 Å². The second-order valence-electron chi connectivity index (χ2n) is 6.07. The second-order valence-corrected chi connectivity index (χ2v) is 7.09. The van der Waals surface area contributed by atoms with Gasteiger partial charge in [-0.2, -0.15) is 0 Å². The van der Waals surface area contributed by atoms with Crippen molar-refractivity contribution < 1.29 is 0 Å². The number of fused-ring (bicyclic) bond motifs is 3. The van der Waals surface area contributed by atoms with E-state index in [4.69, 9.17) is 0 Å². The van der Waals surface area contributed by atoms with E-state index in [1.54, 1.807) is 16.5 Å². The van der Waals surface area contributed by atoms with E-state index in [1.165, 1.54) is 44.3 Å². The maximum Gasteiger partial charge on any atom is 0.0390 e. The molecule has 1 aromatic heterocycles. The van der Waals surface area contributed by atoms with E-state index >= 15 is 0 Å². The second kappa shape index (κ2) is 5.46. The van der Waals surface area contributed by atoms with Crippen molar-refractivity contribution in [2.45, 2.75) is 53.9 Å². The van der Waals surface area contributed by atoms with Crippen molar-refractivity contribution in [2.24, 2.45) is 0 Å². The fraction of sp³-hybridized carbons (Fsp3) is 0.400. The van der Waals surface area contributed by atoms with Gasteiger partial charge in [0.15, 0.2) is 0 Å². The minimum atomic E-state index is 1.14. The van der Waals surface area contributed by atoms with Crippen molar-refractivity contribution in [1.82, 2.24) is 0 Å². The molecule has 110 valence electrons. The third kappa shape index (κ3) is 2.10. The number of thiophene rings is 1. The summed E-state index contributed by atoms with van der Waals surface area (Å²) in [5, 5.41) is 3.01. The molecule has 0 aliphatic heterocycles. The van der Waals surface area contributed by atoms with Gasteiger partial charge in [0.05, 0.1) is 0 Å². The van der Waals surface area contributed by atoms with Gasteiger partial charge in [0.1, 0.15) is 0 Å². The van der Waals surface area contributed by atoms with Crippen LogP contribution in [-0.4, -0.2) is 0 Å². The molecule has 1 heterocycles. The SMILES string of the molecule is CCCc1c(CC)c(C)c(C)c2sc3c(C)cccc3c12. The Hall–Kier alpha value is -1.34. The molecule has 0 saturated heterocycles. The van der Waals surface area contributed by atoms with Gasteiger partial charge in [-0.15, -0.1) is 11.3 Å². The van der Waals surface area contributed by atoms with Crippen molar-refractivity contribution in [3.8, 4) is 0 Å². The van der Waals surface area contributed by atoms with Crippen LogP contribution in [0.15, 0.2) is 18.2 Å². The molecule has 0 spiro atoms. The van der Waals surface area contributed by atoms with E-state index < -0.39 is 0 Å². The van der Waals surface area contributed by atoms with Gasteiger partial charge in [0.2, 0.25) is 0 Å². The highest BCUT2D eigenvalue weighted by atomic mass is 32.1. The lowest BCUT2D eigenvalue weighted by Crippen LogP contribution is -1.99. The Morgan fingerprint density at radius 2 is 1.67 bits per heavy atom. The average Bonchev–Trinajstić information content (AvgIpc) is 2.86. The van der Waals surface area contributed by atoms with Crippen LogP contribution in [0.5, 0.6) is 0 Å². The minimum Gasteiger partial charge on any atom is -0.135 e. The quantitative estimate of drug-likeness (QED) is 0.518. The summed E-state index contributed by atoms with van der Waals surface area (Å²) >= 11 is 1.99. The summed E-state index contributed by atoms with van der Waals surface area (Å²) in [6.45, 7) is 11.4. The van der Waals surface area contributed by atoms with Crippen LogP contribution in [0.2, 0.25) is 0 Å². The van der Waals surface area contributed by atoms with Gasteiger partial charge in [0.25, 0.3) is 0 Å². The number of hydrogen-bond acceptors (Lipinski definition) is 1. The normalized spacial score (nSPS) is 11.7. The van der Waals surface area contributed by atoms with Crippen LogP contribution in [0.1, 0.15) is 48.1 Å². The Morgan fingerprint density at radius 3 is 2.33 bits per heavy atom. The molecule has 1 heteroatoms. The first-order valence-electron chi connectivity index (χ1n) is 8.02. The summed E-state index contributed by atoms with van der Waals surface area (Å²) < 4.78 is 2.98. The molecular formula is C20H24S. The lowest BCUT2D eigenvalue weighted by Gasteiger charge is -2.16. The lowest BCUT2D eigenvalue weighted by atomic mass is 9.89. The fourth-order valence-electron chi connectivity index (χ4n) is 3.60. The van der Waals surface area contributed by atoms with Crippen LogP contribution in [0, 0.1) is 20.8 Å². The van der Waals surface area contributed by atoms with E-state index in [-0.39, 0.29) is 0 Å². The van der Waals surface area contributed by atoms with Crippen molar-refractivity contribution in [3.05, 3.63) is 46.0 Å². The lowest BCUT2D eigenvalue weighted by molar-refractivity contribution is 0.903. The molecule has 0 nitrogen and oxygen atoms in total. The molecule has 0 unspecified atom stereocenters. The molecule has 0 atom stereocenters. The van der Waals surface area contributed by atoms with Crippen LogP contribution >= 0.6 is 11.3 Å². The smallest absolute Gasteiger partial charge is 0.0390 e. The minimum absolute atomic E-state index is 1.14. The summed E-state index contributed by atoms with van der Waals surface area (Å²) in [6.07, 6.45) is 3.55. The first-order valence-corrected chi connectivity index (χ1v) is 8.84. The topological polar surface area (TPSA) is 0 Å². The zero-order valence-electron chi connectivity index (χ0n) is 13.8. The summed E-state index contributed by atoms with van der Waals surface area (Å²) in [7, 11) is 0. The van der Waals surface area contributed by atoms with Crippen LogP contribution < -0.4 is 0 Å². The Kier molecular flexibility index (Phi) is 3.79. The predicted octanol–water partition coefficient (Wildman–Crippen LogP) is 6.49. The van der Waals surface area contributed by atoms with E-state index in [2.05, 4.69) is 52.8 Å². The van der Waals surface area contributed by atoms with Gasteiger partial charge in [-0.05, 0) is 61.4 Å². The molecule has 0 bridgehead atoms. The molecule has 0 fully saturated rings. The maximum absolute atomic E-state index is 2.31. The van der Waals surface area contributed by atoms with Crippen LogP contribution in [0.3, 0.4) is 0 Å². The highest BCUT2D eigenvalue weighted by molar-refractivity contribution is 7.26. The molecule has 21 heavy (non-hydrogen) atoms. The monoisotopic (exact) mass is 296 g/mol. The van der Waals surface area contributed by atoms with Gasteiger partial charge in [-0.3, -0.25) is 0 Å². The molecule has 2 aromatic carbocycles. The summed E-state index contributed by atoms with van der Waals surface area (Å²) in [6, 6.07) is 6.76. The highest BCUT2D eigenvalue weighted by Crippen LogP contribution is 2.42. The molecule has 3 aromatic rings. The standard InChI is InChI=1S/C20H24S/c1-6-9-16-15(7-2)13(4)14(5)20-18(16)17-11-8-10-12(3)19(17)21-20/h8,10-11H,6-7,9H2,1-5H3. The van der Waals surface area contributed by atoms with Crippen LogP contribution in [-0.2, 0) is 12.8 Å². The van der Waals surface area contributed by atoms with Gasteiger partial charge >= 0.3 is 0 Å². The Morgan fingerprint density at radius 1 is 0.905 bits per heavy atom.